The van der Waals surface area contributed by atoms with Gasteiger partial charge in [0.05, 0.1) is 4.90 Å². The van der Waals surface area contributed by atoms with Gasteiger partial charge in [-0.15, -0.1) is 0 Å². The Morgan fingerprint density at radius 3 is 2.20 bits per heavy atom. The van der Waals surface area contributed by atoms with Crippen LogP contribution in [0.25, 0.3) is 0 Å². The van der Waals surface area contributed by atoms with E-state index in [0.29, 0.717) is 4.90 Å². The van der Waals surface area contributed by atoms with Crippen molar-refractivity contribution in [2.24, 2.45) is 0 Å². The maximum absolute atomic E-state index is 12.0. The lowest BCUT2D eigenvalue weighted by atomic mass is 10.4. The van der Waals surface area contributed by atoms with Gasteiger partial charge in [0.1, 0.15) is 0 Å². The van der Waals surface area contributed by atoms with Gasteiger partial charge in [0.2, 0.25) is 0 Å². The minimum Gasteiger partial charge on any atom is -0.250 e. The first kappa shape index (κ1) is 9.98. The first-order valence-corrected chi connectivity index (χ1v) is 6.07. The Labute approximate surface area is 89.4 Å². The Balaban J connectivity index is 2.39. The summed E-state index contributed by atoms with van der Waals surface area (Å²) < 4.78 is 25.2. The van der Waals surface area contributed by atoms with Crippen LogP contribution in [0.2, 0.25) is 0 Å². The molecule has 1 aliphatic rings. The van der Waals surface area contributed by atoms with Gasteiger partial charge in [0.15, 0.2) is 0 Å². The monoisotopic (exact) mass is 221 g/mol. The third kappa shape index (κ3) is 1.94. The molecular weight excluding hydrogens is 210 g/mol. The molecule has 0 aromatic heterocycles. The SMILES string of the molecule is O=S(=O)(c1ccccc1)N1C=CCC=C1. The zero-order chi connectivity index (χ0) is 10.7. The molecule has 0 unspecified atom stereocenters. The molecule has 0 radical (unpaired) electrons. The van der Waals surface area contributed by atoms with E-state index in [4.69, 9.17) is 0 Å². The second-order valence-electron chi connectivity index (χ2n) is 3.15. The summed E-state index contributed by atoms with van der Waals surface area (Å²) in [5.74, 6) is 0. The molecule has 0 aliphatic carbocycles. The summed E-state index contributed by atoms with van der Waals surface area (Å²) in [6.07, 6.45) is 7.53. The molecule has 3 nitrogen and oxygen atoms in total. The van der Waals surface area contributed by atoms with Crippen LogP contribution >= 0.6 is 0 Å². The summed E-state index contributed by atoms with van der Waals surface area (Å²) in [5, 5.41) is 0. The molecule has 2 rings (SSSR count). The van der Waals surface area contributed by atoms with Crippen LogP contribution in [0, 0.1) is 0 Å². The summed E-state index contributed by atoms with van der Waals surface area (Å²) >= 11 is 0. The van der Waals surface area contributed by atoms with Gasteiger partial charge in [-0.1, -0.05) is 30.4 Å². The van der Waals surface area contributed by atoms with Crippen molar-refractivity contribution in [3.63, 3.8) is 0 Å². The van der Waals surface area contributed by atoms with Crippen molar-refractivity contribution in [3.8, 4) is 0 Å². The van der Waals surface area contributed by atoms with E-state index in [9.17, 15) is 8.42 Å². The van der Waals surface area contributed by atoms with Gasteiger partial charge in [0.25, 0.3) is 10.0 Å². The first-order valence-electron chi connectivity index (χ1n) is 4.63. The summed E-state index contributed by atoms with van der Waals surface area (Å²) in [6.45, 7) is 0. The van der Waals surface area contributed by atoms with E-state index in [0.717, 1.165) is 6.42 Å². The fraction of sp³-hybridized carbons (Fsp3) is 0.0909. The highest BCUT2D eigenvalue weighted by Crippen LogP contribution is 2.17. The van der Waals surface area contributed by atoms with Crippen LogP contribution in [-0.2, 0) is 10.0 Å². The molecular formula is C11H11NO2S. The van der Waals surface area contributed by atoms with Crippen LogP contribution in [0.4, 0.5) is 0 Å². The van der Waals surface area contributed by atoms with Gasteiger partial charge in [-0.3, -0.25) is 0 Å². The molecule has 0 saturated carbocycles. The highest BCUT2D eigenvalue weighted by atomic mass is 32.2. The maximum Gasteiger partial charge on any atom is 0.267 e. The van der Waals surface area contributed by atoms with Crippen molar-refractivity contribution < 1.29 is 8.42 Å². The van der Waals surface area contributed by atoms with Crippen LogP contribution in [0.5, 0.6) is 0 Å². The molecule has 0 N–H and O–H groups in total. The smallest absolute Gasteiger partial charge is 0.250 e. The number of hydrogen-bond acceptors (Lipinski definition) is 2. The Hall–Kier alpha value is -1.55. The minimum atomic E-state index is -3.40. The minimum absolute atomic E-state index is 0.307. The van der Waals surface area contributed by atoms with Gasteiger partial charge in [-0.2, -0.15) is 0 Å². The van der Waals surface area contributed by atoms with E-state index in [2.05, 4.69) is 0 Å². The summed E-state index contributed by atoms with van der Waals surface area (Å²) in [7, 11) is -3.40. The maximum atomic E-state index is 12.0. The predicted octanol–water partition coefficient (Wildman–Crippen LogP) is 2.11. The number of allylic oxidation sites excluding steroid dienone is 2. The van der Waals surface area contributed by atoms with E-state index < -0.39 is 10.0 Å². The van der Waals surface area contributed by atoms with Gasteiger partial charge in [-0.05, 0) is 18.6 Å². The lowest BCUT2D eigenvalue weighted by Crippen LogP contribution is -2.21. The molecule has 1 aromatic rings. The van der Waals surface area contributed by atoms with Gasteiger partial charge >= 0.3 is 0 Å². The van der Waals surface area contributed by atoms with E-state index in [-0.39, 0.29) is 0 Å². The lowest BCUT2D eigenvalue weighted by molar-refractivity contribution is 0.550. The quantitative estimate of drug-likeness (QED) is 0.767. The normalized spacial score (nSPS) is 15.6. The molecule has 0 spiro atoms. The van der Waals surface area contributed by atoms with Crippen molar-refractivity contribution in [3.05, 3.63) is 54.9 Å². The van der Waals surface area contributed by atoms with Crippen LogP contribution in [0.1, 0.15) is 6.42 Å². The van der Waals surface area contributed by atoms with E-state index in [1.807, 2.05) is 0 Å². The van der Waals surface area contributed by atoms with E-state index in [1.165, 1.54) is 4.31 Å². The van der Waals surface area contributed by atoms with Crippen LogP contribution in [0.15, 0.2) is 59.8 Å². The highest BCUT2D eigenvalue weighted by molar-refractivity contribution is 7.89. The molecule has 78 valence electrons. The van der Waals surface area contributed by atoms with Gasteiger partial charge < -0.3 is 0 Å². The largest absolute Gasteiger partial charge is 0.267 e. The molecule has 0 saturated heterocycles. The molecule has 15 heavy (non-hydrogen) atoms. The number of rotatable bonds is 2. The fourth-order valence-corrected chi connectivity index (χ4v) is 2.57. The van der Waals surface area contributed by atoms with Crippen molar-refractivity contribution in [1.82, 2.24) is 4.31 Å². The summed E-state index contributed by atoms with van der Waals surface area (Å²) in [4.78, 5) is 0.307. The van der Waals surface area contributed by atoms with Crippen LogP contribution < -0.4 is 0 Å². The molecule has 0 atom stereocenters. The van der Waals surface area contributed by atoms with Gasteiger partial charge in [-0.25, -0.2) is 12.7 Å². The molecule has 0 amide bonds. The summed E-state index contributed by atoms with van der Waals surface area (Å²) in [6, 6.07) is 8.40. The highest BCUT2D eigenvalue weighted by Gasteiger charge is 2.19. The molecule has 4 heteroatoms. The van der Waals surface area contributed by atoms with Gasteiger partial charge in [0, 0.05) is 12.4 Å². The zero-order valence-electron chi connectivity index (χ0n) is 8.08. The van der Waals surface area contributed by atoms with E-state index >= 15 is 0 Å². The van der Waals surface area contributed by atoms with Crippen molar-refractivity contribution in [2.75, 3.05) is 0 Å². The molecule has 1 aromatic carbocycles. The number of sulfonamides is 1. The Kier molecular flexibility index (Phi) is 2.60. The Bertz CT molecular complexity index is 477. The van der Waals surface area contributed by atoms with Crippen molar-refractivity contribution >= 4 is 10.0 Å². The molecule has 0 fully saturated rings. The third-order valence-corrected chi connectivity index (χ3v) is 3.76. The first-order chi connectivity index (χ1) is 7.21. The second-order valence-corrected chi connectivity index (χ2v) is 5.00. The van der Waals surface area contributed by atoms with E-state index in [1.54, 1.807) is 54.9 Å². The number of hydrogen-bond donors (Lipinski definition) is 0. The zero-order valence-corrected chi connectivity index (χ0v) is 8.89. The molecule has 0 bridgehead atoms. The van der Waals surface area contributed by atoms with Crippen molar-refractivity contribution in [1.29, 1.82) is 0 Å². The number of benzene rings is 1. The fourth-order valence-electron chi connectivity index (χ4n) is 1.33. The summed E-state index contributed by atoms with van der Waals surface area (Å²) in [5.41, 5.74) is 0. The molecule has 1 aliphatic heterocycles. The average Bonchev–Trinajstić information content (AvgIpc) is 2.31. The standard InChI is InChI=1S/C11H11NO2S/c13-15(14,11-7-3-1-4-8-11)12-9-5-2-6-10-12/h1,3-10H,2H2. The van der Waals surface area contributed by atoms with Crippen molar-refractivity contribution in [2.45, 2.75) is 11.3 Å². The van der Waals surface area contributed by atoms with Crippen LogP contribution in [-0.4, -0.2) is 12.7 Å². The Morgan fingerprint density at radius 1 is 1.00 bits per heavy atom. The Morgan fingerprint density at radius 2 is 1.60 bits per heavy atom. The number of nitrogens with zero attached hydrogens (tertiary/aromatic N) is 1. The molecule has 1 heterocycles. The second kappa shape index (κ2) is 3.90. The average molecular weight is 221 g/mol. The third-order valence-electron chi connectivity index (χ3n) is 2.10. The lowest BCUT2D eigenvalue weighted by Gasteiger charge is -2.17. The topological polar surface area (TPSA) is 37.4 Å². The van der Waals surface area contributed by atoms with Crippen LogP contribution in [0.3, 0.4) is 0 Å². The predicted molar refractivity (Wildman–Crippen MR) is 58.4 cm³/mol.